The molecular weight excluding hydrogens is 320 g/mol. The number of aryl methyl sites for hydroxylation is 2. The molecule has 134 valence electrons. The fourth-order valence-electron chi connectivity index (χ4n) is 3.47. The molecule has 0 bridgehead atoms. The van der Waals surface area contributed by atoms with E-state index in [1.807, 2.05) is 30.5 Å². The van der Waals surface area contributed by atoms with Gasteiger partial charge >= 0.3 is 0 Å². The van der Waals surface area contributed by atoms with E-state index < -0.39 is 5.91 Å². The number of rotatable bonds is 4. The van der Waals surface area contributed by atoms with Crippen molar-refractivity contribution in [3.63, 3.8) is 0 Å². The maximum atomic E-state index is 12.8. The summed E-state index contributed by atoms with van der Waals surface area (Å²) < 4.78 is 1.81. The standard InChI is InChI=1S/C17H24N6O2/c1-10-13(11(2)22(3)21-10)7-16(24)23-6-4-5-12(9-23)14-8-15(17(18)25)20-19-14/h8,12H,4-7,9H2,1-3H3,(H2,18,25)(H,19,20). The lowest BCUT2D eigenvalue weighted by atomic mass is 9.94. The van der Waals surface area contributed by atoms with Crippen LogP contribution < -0.4 is 5.73 Å². The smallest absolute Gasteiger partial charge is 0.269 e. The Morgan fingerprint density at radius 2 is 2.16 bits per heavy atom. The highest BCUT2D eigenvalue weighted by Crippen LogP contribution is 2.26. The number of carbonyl (C=O) groups excluding carboxylic acids is 2. The number of nitrogens with zero attached hydrogens (tertiary/aromatic N) is 4. The first kappa shape index (κ1) is 17.2. The normalized spacial score (nSPS) is 17.7. The van der Waals surface area contributed by atoms with Crippen LogP contribution in [0.15, 0.2) is 6.07 Å². The fourth-order valence-corrected chi connectivity index (χ4v) is 3.47. The number of hydrogen-bond donors (Lipinski definition) is 2. The minimum absolute atomic E-state index is 0.110. The maximum Gasteiger partial charge on any atom is 0.269 e. The molecule has 1 aliphatic heterocycles. The summed E-state index contributed by atoms with van der Waals surface area (Å²) in [6.45, 7) is 5.30. The lowest BCUT2D eigenvalue weighted by molar-refractivity contribution is -0.131. The molecule has 1 unspecified atom stereocenters. The summed E-state index contributed by atoms with van der Waals surface area (Å²) in [4.78, 5) is 25.9. The van der Waals surface area contributed by atoms with Crippen molar-refractivity contribution >= 4 is 11.8 Å². The second-order valence-electron chi connectivity index (χ2n) is 6.70. The van der Waals surface area contributed by atoms with E-state index in [1.165, 1.54) is 0 Å². The van der Waals surface area contributed by atoms with Gasteiger partial charge in [0, 0.05) is 43.0 Å². The number of amides is 2. The minimum Gasteiger partial charge on any atom is -0.364 e. The van der Waals surface area contributed by atoms with Crippen LogP contribution in [0.5, 0.6) is 0 Å². The number of hydrogen-bond acceptors (Lipinski definition) is 4. The predicted octanol–water partition coefficient (Wildman–Crippen LogP) is 0.808. The van der Waals surface area contributed by atoms with Crippen LogP contribution in [0.2, 0.25) is 0 Å². The molecule has 0 saturated carbocycles. The molecule has 1 saturated heterocycles. The Labute approximate surface area is 146 Å². The first-order chi connectivity index (χ1) is 11.9. The molecule has 2 aromatic rings. The number of nitrogens with one attached hydrogen (secondary N) is 1. The van der Waals surface area contributed by atoms with E-state index in [9.17, 15) is 9.59 Å². The second kappa shape index (κ2) is 6.70. The topological polar surface area (TPSA) is 110 Å². The van der Waals surface area contributed by atoms with Gasteiger partial charge in [0.15, 0.2) is 0 Å². The Kier molecular flexibility index (Phi) is 4.61. The zero-order valence-electron chi connectivity index (χ0n) is 14.9. The van der Waals surface area contributed by atoms with Crippen LogP contribution in [-0.4, -0.2) is 49.8 Å². The molecule has 2 aromatic heterocycles. The monoisotopic (exact) mass is 344 g/mol. The largest absolute Gasteiger partial charge is 0.364 e. The van der Waals surface area contributed by atoms with Crippen LogP contribution in [0.1, 0.15) is 51.9 Å². The SMILES string of the molecule is Cc1nn(C)c(C)c1CC(=O)N1CCCC(c2cc(C(N)=O)n[nH]2)C1. The third-order valence-corrected chi connectivity index (χ3v) is 5.05. The summed E-state index contributed by atoms with van der Waals surface area (Å²) in [6.07, 6.45) is 2.25. The van der Waals surface area contributed by atoms with E-state index in [0.29, 0.717) is 13.0 Å². The van der Waals surface area contributed by atoms with Crippen LogP contribution in [0, 0.1) is 13.8 Å². The molecule has 3 heterocycles. The van der Waals surface area contributed by atoms with Crippen molar-refractivity contribution in [2.75, 3.05) is 13.1 Å². The number of nitrogens with two attached hydrogens (primary N) is 1. The number of likely N-dealkylation sites (tertiary alicyclic amines) is 1. The summed E-state index contributed by atoms with van der Waals surface area (Å²) in [7, 11) is 1.89. The Balaban J connectivity index is 1.70. The average Bonchev–Trinajstić information content (AvgIpc) is 3.16. The van der Waals surface area contributed by atoms with Crippen molar-refractivity contribution in [2.45, 2.75) is 39.0 Å². The number of aromatic nitrogens is 4. The van der Waals surface area contributed by atoms with E-state index in [-0.39, 0.29) is 17.5 Å². The van der Waals surface area contributed by atoms with Gasteiger partial charge in [-0.05, 0) is 32.8 Å². The van der Waals surface area contributed by atoms with Gasteiger partial charge in [-0.25, -0.2) is 0 Å². The molecule has 3 rings (SSSR count). The Morgan fingerprint density at radius 1 is 1.40 bits per heavy atom. The van der Waals surface area contributed by atoms with Gasteiger partial charge in [-0.15, -0.1) is 0 Å². The zero-order chi connectivity index (χ0) is 18.1. The molecule has 0 aromatic carbocycles. The van der Waals surface area contributed by atoms with Gasteiger partial charge in [-0.3, -0.25) is 19.4 Å². The first-order valence-corrected chi connectivity index (χ1v) is 8.48. The molecule has 1 aliphatic rings. The maximum absolute atomic E-state index is 12.8. The summed E-state index contributed by atoms with van der Waals surface area (Å²) in [5.74, 6) is -0.290. The van der Waals surface area contributed by atoms with Gasteiger partial charge in [0.25, 0.3) is 5.91 Å². The Hall–Kier alpha value is -2.64. The van der Waals surface area contributed by atoms with Gasteiger partial charge in [0.2, 0.25) is 5.91 Å². The van der Waals surface area contributed by atoms with Crippen LogP contribution in [0.3, 0.4) is 0 Å². The third-order valence-electron chi connectivity index (χ3n) is 5.05. The number of carbonyl (C=O) groups is 2. The van der Waals surface area contributed by atoms with Crippen molar-refractivity contribution in [1.82, 2.24) is 24.9 Å². The van der Waals surface area contributed by atoms with Crippen LogP contribution in [0.25, 0.3) is 0 Å². The van der Waals surface area contributed by atoms with Crippen LogP contribution in [-0.2, 0) is 18.3 Å². The molecule has 1 atom stereocenters. The van der Waals surface area contributed by atoms with E-state index in [2.05, 4.69) is 15.3 Å². The fraction of sp³-hybridized carbons (Fsp3) is 0.529. The molecule has 2 amide bonds. The Bertz CT molecular complexity index is 806. The van der Waals surface area contributed by atoms with Crippen LogP contribution in [0.4, 0.5) is 0 Å². The molecular formula is C17H24N6O2. The van der Waals surface area contributed by atoms with E-state index in [1.54, 1.807) is 6.07 Å². The number of piperidine rings is 1. The van der Waals surface area contributed by atoms with E-state index in [0.717, 1.165) is 42.0 Å². The van der Waals surface area contributed by atoms with Gasteiger partial charge in [-0.1, -0.05) is 0 Å². The number of aromatic amines is 1. The van der Waals surface area contributed by atoms with Gasteiger partial charge in [0.1, 0.15) is 5.69 Å². The van der Waals surface area contributed by atoms with Gasteiger partial charge in [0.05, 0.1) is 12.1 Å². The quantitative estimate of drug-likeness (QED) is 0.855. The third kappa shape index (κ3) is 3.42. The zero-order valence-corrected chi connectivity index (χ0v) is 14.9. The highest BCUT2D eigenvalue weighted by atomic mass is 16.2. The van der Waals surface area contributed by atoms with Crippen molar-refractivity contribution < 1.29 is 9.59 Å². The second-order valence-corrected chi connectivity index (χ2v) is 6.70. The van der Waals surface area contributed by atoms with E-state index >= 15 is 0 Å². The van der Waals surface area contributed by atoms with Crippen LogP contribution >= 0.6 is 0 Å². The van der Waals surface area contributed by atoms with Crippen molar-refractivity contribution in [1.29, 1.82) is 0 Å². The molecule has 3 N–H and O–H groups in total. The highest BCUT2D eigenvalue weighted by Gasteiger charge is 2.27. The van der Waals surface area contributed by atoms with Crippen molar-refractivity contribution in [3.05, 3.63) is 34.4 Å². The van der Waals surface area contributed by atoms with Gasteiger partial charge < -0.3 is 10.6 Å². The lowest BCUT2D eigenvalue weighted by Crippen LogP contribution is -2.40. The molecule has 0 aliphatic carbocycles. The number of primary amides is 1. The van der Waals surface area contributed by atoms with E-state index in [4.69, 9.17) is 5.73 Å². The molecule has 8 heteroatoms. The van der Waals surface area contributed by atoms with Crippen molar-refractivity contribution in [3.8, 4) is 0 Å². The molecule has 8 nitrogen and oxygen atoms in total. The lowest BCUT2D eigenvalue weighted by Gasteiger charge is -2.32. The summed E-state index contributed by atoms with van der Waals surface area (Å²) in [5.41, 5.74) is 9.29. The Morgan fingerprint density at radius 3 is 2.76 bits per heavy atom. The highest BCUT2D eigenvalue weighted by molar-refractivity contribution is 5.90. The predicted molar refractivity (Wildman–Crippen MR) is 92.0 cm³/mol. The number of H-pyrrole nitrogens is 1. The molecule has 1 fully saturated rings. The minimum atomic E-state index is -0.547. The van der Waals surface area contributed by atoms with Gasteiger partial charge in [-0.2, -0.15) is 10.2 Å². The summed E-state index contributed by atoms with van der Waals surface area (Å²) >= 11 is 0. The first-order valence-electron chi connectivity index (χ1n) is 8.48. The molecule has 0 radical (unpaired) electrons. The van der Waals surface area contributed by atoms with Crippen molar-refractivity contribution in [2.24, 2.45) is 12.8 Å². The molecule has 0 spiro atoms. The average molecular weight is 344 g/mol. The molecule has 25 heavy (non-hydrogen) atoms. The summed E-state index contributed by atoms with van der Waals surface area (Å²) in [6, 6.07) is 1.69. The summed E-state index contributed by atoms with van der Waals surface area (Å²) in [5, 5.41) is 11.2.